The van der Waals surface area contributed by atoms with Crippen LogP contribution in [0.1, 0.15) is 38.5 Å². The van der Waals surface area contributed by atoms with Gasteiger partial charge in [-0.15, -0.1) is 0 Å². The van der Waals surface area contributed by atoms with E-state index in [1.54, 1.807) is 6.08 Å². The average Bonchev–Trinajstić information content (AvgIpc) is 2.93. The minimum absolute atomic E-state index is 0.152. The van der Waals surface area contributed by atoms with Gasteiger partial charge in [-0.2, -0.15) is 0 Å². The minimum atomic E-state index is -0.942. The Morgan fingerprint density at radius 3 is 2.20 bits per heavy atom. The van der Waals surface area contributed by atoms with Crippen molar-refractivity contribution in [1.29, 1.82) is 0 Å². The fraction of sp³-hybridized carbons (Fsp3) is 0.733. The van der Waals surface area contributed by atoms with Gasteiger partial charge in [-0.3, -0.25) is 9.59 Å². The first-order valence-electron chi connectivity index (χ1n) is 7.54. The van der Waals surface area contributed by atoms with Gasteiger partial charge >= 0.3 is 5.97 Å². The number of carboxylic acids is 1. The second kappa shape index (κ2) is 5.56. The molecule has 0 aromatic carbocycles. The molecule has 0 spiro atoms. The molecule has 2 bridgehead atoms. The van der Waals surface area contributed by atoms with E-state index in [9.17, 15) is 14.7 Å². The molecule has 1 amide bonds. The van der Waals surface area contributed by atoms with Gasteiger partial charge in [0.15, 0.2) is 0 Å². The molecular weight excluding hydrogens is 258 g/mol. The van der Waals surface area contributed by atoms with Crippen molar-refractivity contribution in [2.75, 3.05) is 0 Å². The predicted octanol–water partition coefficient (Wildman–Crippen LogP) is 1.48. The zero-order valence-electron chi connectivity index (χ0n) is 11.5. The summed E-state index contributed by atoms with van der Waals surface area (Å²) in [6.07, 6.45) is 9.51. The standard InChI is InChI=1S/C15H21NO4/c17-14(16-9-5-3-1-2-4-6-9)12-10-7-8-11(20-10)13(12)15(18)19/h7-13H,1-6H2,(H,16,17)(H,18,19)/t10-,11-,12-,13-/m1/s1. The smallest absolute Gasteiger partial charge is 0.310 e. The highest BCUT2D eigenvalue weighted by atomic mass is 16.5. The molecule has 5 heteroatoms. The zero-order chi connectivity index (χ0) is 14.1. The molecule has 5 nitrogen and oxygen atoms in total. The van der Waals surface area contributed by atoms with Crippen molar-refractivity contribution in [2.45, 2.75) is 56.8 Å². The van der Waals surface area contributed by atoms with Crippen molar-refractivity contribution in [3.8, 4) is 0 Å². The lowest BCUT2D eigenvalue weighted by Crippen LogP contribution is -2.46. The fourth-order valence-corrected chi connectivity index (χ4v) is 3.64. The molecule has 0 radical (unpaired) electrons. The molecule has 110 valence electrons. The molecule has 2 N–H and O–H groups in total. The SMILES string of the molecule is O=C(O)[C@H]1[C@H](C(=O)NC2CCCCCC2)[C@H]2C=C[C@H]1O2. The van der Waals surface area contributed by atoms with E-state index in [1.165, 1.54) is 12.8 Å². The van der Waals surface area contributed by atoms with Crippen molar-refractivity contribution in [3.05, 3.63) is 12.2 Å². The summed E-state index contributed by atoms with van der Waals surface area (Å²) in [5.41, 5.74) is 0. The average molecular weight is 279 g/mol. The summed E-state index contributed by atoms with van der Waals surface area (Å²) in [7, 11) is 0. The lowest BCUT2D eigenvalue weighted by atomic mass is 9.82. The molecule has 2 heterocycles. The highest BCUT2D eigenvalue weighted by Crippen LogP contribution is 2.39. The van der Waals surface area contributed by atoms with E-state index in [-0.39, 0.29) is 18.1 Å². The van der Waals surface area contributed by atoms with Gasteiger partial charge in [-0.1, -0.05) is 37.8 Å². The maximum Gasteiger partial charge on any atom is 0.310 e. The van der Waals surface area contributed by atoms with Crippen LogP contribution >= 0.6 is 0 Å². The number of carbonyl (C=O) groups excluding carboxylic acids is 1. The van der Waals surface area contributed by atoms with E-state index in [4.69, 9.17) is 4.74 Å². The highest BCUT2D eigenvalue weighted by Gasteiger charge is 2.53. The zero-order valence-corrected chi connectivity index (χ0v) is 11.5. The predicted molar refractivity (Wildman–Crippen MR) is 72.0 cm³/mol. The Bertz CT molecular complexity index is 426. The van der Waals surface area contributed by atoms with E-state index in [1.807, 2.05) is 6.08 Å². The topological polar surface area (TPSA) is 75.6 Å². The Morgan fingerprint density at radius 1 is 1.00 bits per heavy atom. The Balaban J connectivity index is 1.66. The van der Waals surface area contributed by atoms with Crippen molar-refractivity contribution in [1.82, 2.24) is 5.32 Å². The van der Waals surface area contributed by atoms with Crippen molar-refractivity contribution in [3.63, 3.8) is 0 Å². The van der Waals surface area contributed by atoms with Gasteiger partial charge in [0, 0.05) is 6.04 Å². The molecule has 4 atom stereocenters. The van der Waals surface area contributed by atoms with Crippen LogP contribution in [0.3, 0.4) is 0 Å². The van der Waals surface area contributed by atoms with Crippen LogP contribution in [0, 0.1) is 11.8 Å². The Kier molecular flexibility index (Phi) is 3.78. The number of rotatable bonds is 3. The third-order valence-corrected chi connectivity index (χ3v) is 4.69. The van der Waals surface area contributed by atoms with Gasteiger partial charge < -0.3 is 15.2 Å². The van der Waals surface area contributed by atoms with Crippen LogP contribution in [-0.2, 0) is 14.3 Å². The summed E-state index contributed by atoms with van der Waals surface area (Å²) >= 11 is 0. The number of carboxylic acid groups (broad SMARTS) is 1. The van der Waals surface area contributed by atoms with Gasteiger partial charge in [0.05, 0.1) is 18.1 Å². The number of ether oxygens (including phenoxy) is 1. The van der Waals surface area contributed by atoms with Crippen molar-refractivity contribution >= 4 is 11.9 Å². The maximum atomic E-state index is 12.4. The number of nitrogens with one attached hydrogen (secondary N) is 1. The number of carbonyl (C=O) groups is 2. The third kappa shape index (κ3) is 2.46. The monoisotopic (exact) mass is 279 g/mol. The first kappa shape index (κ1) is 13.6. The molecule has 2 fully saturated rings. The molecule has 3 rings (SSSR count). The summed E-state index contributed by atoms with van der Waals surface area (Å²) < 4.78 is 5.54. The summed E-state index contributed by atoms with van der Waals surface area (Å²) in [5, 5.41) is 12.4. The van der Waals surface area contributed by atoms with Gasteiger partial charge in [0.25, 0.3) is 0 Å². The molecule has 2 aliphatic heterocycles. The quantitative estimate of drug-likeness (QED) is 0.606. The first-order valence-corrected chi connectivity index (χ1v) is 7.54. The summed E-state index contributed by atoms with van der Waals surface area (Å²) in [5.74, 6) is -2.41. The van der Waals surface area contributed by atoms with E-state index in [0.29, 0.717) is 0 Å². The summed E-state index contributed by atoms with van der Waals surface area (Å²) in [4.78, 5) is 23.8. The number of fused-ring (bicyclic) bond motifs is 2. The van der Waals surface area contributed by atoms with Crippen LogP contribution in [0.15, 0.2) is 12.2 Å². The Hall–Kier alpha value is -1.36. The van der Waals surface area contributed by atoms with Crippen LogP contribution in [0.2, 0.25) is 0 Å². The fourth-order valence-electron chi connectivity index (χ4n) is 3.64. The van der Waals surface area contributed by atoms with Crippen molar-refractivity contribution < 1.29 is 19.4 Å². The van der Waals surface area contributed by atoms with E-state index >= 15 is 0 Å². The molecule has 3 aliphatic rings. The third-order valence-electron chi connectivity index (χ3n) is 4.69. The van der Waals surface area contributed by atoms with Crippen LogP contribution < -0.4 is 5.32 Å². The number of hydrogen-bond acceptors (Lipinski definition) is 3. The largest absolute Gasteiger partial charge is 0.481 e. The van der Waals surface area contributed by atoms with Crippen LogP contribution in [-0.4, -0.2) is 35.2 Å². The molecule has 0 unspecified atom stereocenters. The minimum Gasteiger partial charge on any atom is -0.481 e. The number of hydrogen-bond donors (Lipinski definition) is 2. The van der Waals surface area contributed by atoms with Gasteiger partial charge in [-0.05, 0) is 12.8 Å². The van der Waals surface area contributed by atoms with Crippen LogP contribution in [0.5, 0.6) is 0 Å². The maximum absolute atomic E-state index is 12.4. The second-order valence-corrected chi connectivity index (χ2v) is 6.04. The molecule has 0 aromatic rings. The number of amides is 1. The van der Waals surface area contributed by atoms with Crippen LogP contribution in [0.25, 0.3) is 0 Å². The van der Waals surface area contributed by atoms with E-state index in [0.717, 1.165) is 25.7 Å². The molecule has 1 aliphatic carbocycles. The van der Waals surface area contributed by atoms with Crippen molar-refractivity contribution in [2.24, 2.45) is 11.8 Å². The molecule has 1 saturated carbocycles. The highest BCUT2D eigenvalue weighted by molar-refractivity contribution is 5.87. The Morgan fingerprint density at radius 2 is 1.60 bits per heavy atom. The van der Waals surface area contributed by atoms with Crippen LogP contribution in [0.4, 0.5) is 0 Å². The second-order valence-electron chi connectivity index (χ2n) is 6.04. The molecule has 0 aromatic heterocycles. The van der Waals surface area contributed by atoms with E-state index < -0.39 is 23.9 Å². The summed E-state index contributed by atoms with van der Waals surface area (Å²) in [6, 6.07) is 0.197. The molecule has 1 saturated heterocycles. The number of aliphatic carboxylic acids is 1. The molecular formula is C15H21NO4. The van der Waals surface area contributed by atoms with Gasteiger partial charge in [-0.25, -0.2) is 0 Å². The molecule has 20 heavy (non-hydrogen) atoms. The van der Waals surface area contributed by atoms with Gasteiger partial charge in [0.1, 0.15) is 5.92 Å². The lowest BCUT2D eigenvalue weighted by molar-refractivity contribution is -0.146. The first-order chi connectivity index (χ1) is 9.66. The normalized spacial score (nSPS) is 36.8. The van der Waals surface area contributed by atoms with Gasteiger partial charge in [0.2, 0.25) is 5.91 Å². The van der Waals surface area contributed by atoms with E-state index in [2.05, 4.69) is 5.32 Å². The Labute approximate surface area is 118 Å². The summed E-state index contributed by atoms with van der Waals surface area (Å²) in [6.45, 7) is 0. The lowest BCUT2D eigenvalue weighted by Gasteiger charge is -2.24.